The largest absolute Gasteiger partial charge is 0.440 e. The molecule has 3 aliphatic heterocycles. The molecule has 0 N–H and O–H groups in total. The molecular weight excluding hydrogens is 340 g/mol. The number of hydrogen-bond donors (Lipinski definition) is 0. The van der Waals surface area contributed by atoms with Gasteiger partial charge in [-0.05, 0) is 34.6 Å². The Morgan fingerprint density at radius 2 is 1.62 bits per heavy atom. The monoisotopic (exact) mass is 358 g/mol. The number of ether oxygens (including phenoxy) is 2. The van der Waals surface area contributed by atoms with E-state index in [4.69, 9.17) is 9.47 Å². The topological polar surface area (TPSA) is 59.1 Å². The highest BCUT2D eigenvalue weighted by Crippen LogP contribution is 2.52. The molecule has 2 fully saturated rings. The summed E-state index contributed by atoms with van der Waals surface area (Å²) in [5.41, 5.74) is -1.37. The van der Waals surface area contributed by atoms with Crippen LogP contribution < -0.4 is 0 Å². The lowest BCUT2D eigenvalue weighted by Gasteiger charge is -2.40. The van der Waals surface area contributed by atoms with Gasteiger partial charge >= 0.3 is 12.2 Å². The van der Waals surface area contributed by atoms with Gasteiger partial charge in [0.2, 0.25) is 0 Å². The van der Waals surface area contributed by atoms with Crippen LogP contribution in [0.15, 0.2) is 10.2 Å². The molecule has 6 nitrogen and oxygen atoms in total. The quantitative estimate of drug-likeness (QED) is 0.667. The predicted molar refractivity (Wildman–Crippen MR) is 78.9 cm³/mol. The smallest absolute Gasteiger partial charge is 0.415 e. The fourth-order valence-electron chi connectivity index (χ4n) is 3.33. The van der Waals surface area contributed by atoms with E-state index < -0.39 is 16.7 Å². The van der Waals surface area contributed by atoms with Gasteiger partial charge in [0.15, 0.2) is 0 Å². The third-order valence-corrected chi connectivity index (χ3v) is 6.01. The molecule has 116 valence electrons. The number of carbonyl (C=O) groups is 2. The van der Waals surface area contributed by atoms with Gasteiger partial charge < -0.3 is 9.47 Å². The van der Waals surface area contributed by atoms with Crippen LogP contribution >= 0.6 is 15.9 Å². The average molecular weight is 359 g/mol. The molecule has 1 atom stereocenters. The Bertz CT molecular complexity index is 584. The third-order valence-electron chi connectivity index (χ3n) is 4.86. The first kappa shape index (κ1) is 14.7. The maximum atomic E-state index is 12.2. The van der Waals surface area contributed by atoms with Crippen molar-refractivity contribution in [2.24, 2.45) is 0 Å². The van der Waals surface area contributed by atoms with Crippen LogP contribution in [-0.4, -0.2) is 51.8 Å². The molecular formula is C14H19BrN2O4. The second kappa shape index (κ2) is 3.94. The second-order valence-electron chi connectivity index (χ2n) is 6.79. The summed E-state index contributed by atoms with van der Waals surface area (Å²) in [6, 6.07) is 0. The molecule has 0 aliphatic carbocycles. The van der Waals surface area contributed by atoms with Crippen LogP contribution in [0.4, 0.5) is 9.59 Å². The summed E-state index contributed by atoms with van der Waals surface area (Å²) in [6.07, 6.45) is -0.727. The predicted octanol–water partition coefficient (Wildman–Crippen LogP) is 2.83. The second-order valence-corrected chi connectivity index (χ2v) is 7.59. The van der Waals surface area contributed by atoms with E-state index in [9.17, 15) is 9.59 Å². The third kappa shape index (κ3) is 1.64. The maximum Gasteiger partial charge on any atom is 0.415 e. The zero-order chi connectivity index (χ0) is 15.8. The molecule has 0 unspecified atom stereocenters. The van der Waals surface area contributed by atoms with Gasteiger partial charge in [0.1, 0.15) is 16.7 Å². The summed E-state index contributed by atoms with van der Waals surface area (Å²) in [7, 11) is 0. The lowest BCUT2D eigenvalue weighted by atomic mass is 9.81. The number of fused-ring (bicyclic) bond motifs is 2. The Balaban J connectivity index is 2.26. The summed E-state index contributed by atoms with van der Waals surface area (Å²) < 4.78 is 11.8. The maximum absolute atomic E-state index is 12.2. The number of nitrogens with zero attached hydrogens (tertiary/aromatic N) is 2. The van der Waals surface area contributed by atoms with E-state index in [-0.39, 0.29) is 12.2 Å². The summed E-state index contributed by atoms with van der Waals surface area (Å²) in [6.45, 7) is 10.2. The van der Waals surface area contributed by atoms with Crippen molar-refractivity contribution in [1.82, 2.24) is 9.80 Å². The molecule has 0 aromatic heterocycles. The fourth-order valence-corrected chi connectivity index (χ4v) is 4.72. The van der Waals surface area contributed by atoms with Gasteiger partial charge in [-0.3, -0.25) is 9.80 Å². The van der Waals surface area contributed by atoms with Gasteiger partial charge in [0.05, 0.1) is 5.70 Å². The lowest BCUT2D eigenvalue weighted by Crippen LogP contribution is -2.54. The van der Waals surface area contributed by atoms with E-state index in [0.29, 0.717) is 13.1 Å². The van der Waals surface area contributed by atoms with Crippen LogP contribution in [0.1, 0.15) is 34.6 Å². The highest BCUT2D eigenvalue weighted by Gasteiger charge is 2.63. The van der Waals surface area contributed by atoms with Crippen molar-refractivity contribution in [3.63, 3.8) is 0 Å². The van der Waals surface area contributed by atoms with Gasteiger partial charge in [-0.1, -0.05) is 15.9 Å². The lowest BCUT2D eigenvalue weighted by molar-refractivity contribution is 0.0454. The normalized spacial score (nSPS) is 33.4. The molecule has 0 spiro atoms. The van der Waals surface area contributed by atoms with E-state index in [1.165, 1.54) is 0 Å². The molecule has 0 aromatic rings. The zero-order valence-electron chi connectivity index (χ0n) is 12.8. The van der Waals surface area contributed by atoms with Crippen molar-refractivity contribution in [3.8, 4) is 0 Å². The highest BCUT2D eigenvalue weighted by atomic mass is 79.9. The Hall–Kier alpha value is -1.24. The van der Waals surface area contributed by atoms with Crippen molar-refractivity contribution in [2.75, 3.05) is 13.1 Å². The number of halogens is 1. The molecule has 0 aromatic carbocycles. The minimum absolute atomic E-state index is 0.354. The van der Waals surface area contributed by atoms with E-state index in [2.05, 4.69) is 15.9 Å². The molecule has 7 heteroatoms. The van der Waals surface area contributed by atoms with Gasteiger partial charge in [-0.25, -0.2) is 9.59 Å². The molecule has 3 heterocycles. The fraction of sp³-hybridized carbons (Fsp3) is 0.714. The number of cyclic esters (lactones) is 2. The van der Waals surface area contributed by atoms with Crippen LogP contribution in [0.2, 0.25) is 0 Å². The number of carbonyl (C=O) groups excluding carboxylic acids is 2. The van der Waals surface area contributed by atoms with Gasteiger partial charge in [0.25, 0.3) is 0 Å². The summed E-state index contributed by atoms with van der Waals surface area (Å²) in [4.78, 5) is 27.6. The minimum Gasteiger partial charge on any atom is -0.440 e. The first-order valence-corrected chi connectivity index (χ1v) is 7.73. The number of hydrogen-bond acceptors (Lipinski definition) is 4. The van der Waals surface area contributed by atoms with Gasteiger partial charge in [-0.2, -0.15) is 0 Å². The van der Waals surface area contributed by atoms with E-state index >= 15 is 0 Å². The highest BCUT2D eigenvalue weighted by molar-refractivity contribution is 9.11. The van der Waals surface area contributed by atoms with E-state index in [1.54, 1.807) is 9.80 Å². The zero-order valence-corrected chi connectivity index (χ0v) is 14.4. The van der Waals surface area contributed by atoms with Crippen molar-refractivity contribution in [1.29, 1.82) is 0 Å². The van der Waals surface area contributed by atoms with Crippen LogP contribution in [0.5, 0.6) is 0 Å². The van der Waals surface area contributed by atoms with Crippen LogP contribution in [-0.2, 0) is 9.47 Å². The van der Waals surface area contributed by atoms with Crippen molar-refractivity contribution < 1.29 is 19.1 Å². The number of rotatable bonds is 0. The first-order chi connectivity index (χ1) is 9.52. The molecule has 0 bridgehead atoms. The Labute approximate surface area is 132 Å². The van der Waals surface area contributed by atoms with Gasteiger partial charge in [0, 0.05) is 17.6 Å². The van der Waals surface area contributed by atoms with E-state index in [0.717, 1.165) is 10.2 Å². The van der Waals surface area contributed by atoms with Crippen molar-refractivity contribution in [3.05, 3.63) is 10.2 Å². The van der Waals surface area contributed by atoms with Crippen molar-refractivity contribution >= 4 is 28.1 Å². The molecule has 3 aliphatic rings. The van der Waals surface area contributed by atoms with Crippen molar-refractivity contribution in [2.45, 2.75) is 51.4 Å². The molecule has 2 amide bonds. The van der Waals surface area contributed by atoms with Crippen LogP contribution in [0.25, 0.3) is 0 Å². The number of amides is 2. The Morgan fingerprint density at radius 3 is 2.24 bits per heavy atom. The van der Waals surface area contributed by atoms with Crippen LogP contribution in [0, 0.1) is 0 Å². The summed E-state index contributed by atoms with van der Waals surface area (Å²) in [5.74, 6) is 0. The standard InChI is InChI=1S/C14H19BrN2O4/c1-12(2)9-8(15)14(5)13(3,4)21-11(19)17(14)7-6-16(9)10(18)20-12/h6-7H2,1-5H3/t14-/m1/s1. The van der Waals surface area contributed by atoms with Crippen LogP contribution in [0.3, 0.4) is 0 Å². The molecule has 0 saturated carbocycles. The molecule has 21 heavy (non-hydrogen) atoms. The summed E-state index contributed by atoms with van der Waals surface area (Å²) >= 11 is 3.65. The SMILES string of the molecule is CC1(C)OC(=O)N2CCN3C(=O)OC(C)(C)[C@@]3(C)C(Br)=C21. The minimum atomic E-state index is -0.739. The Kier molecular flexibility index (Phi) is 2.75. The first-order valence-electron chi connectivity index (χ1n) is 6.94. The van der Waals surface area contributed by atoms with Gasteiger partial charge in [-0.15, -0.1) is 0 Å². The Morgan fingerprint density at radius 1 is 1.00 bits per heavy atom. The average Bonchev–Trinajstić information content (AvgIpc) is 2.58. The van der Waals surface area contributed by atoms with E-state index in [1.807, 2.05) is 34.6 Å². The molecule has 3 rings (SSSR count). The summed E-state index contributed by atoms with van der Waals surface area (Å²) in [5, 5.41) is 0. The molecule has 2 saturated heterocycles. The molecule has 0 radical (unpaired) electrons.